The maximum Gasteiger partial charge on any atom is 0.174 e. The van der Waals surface area contributed by atoms with E-state index in [9.17, 15) is 0 Å². The predicted molar refractivity (Wildman–Crippen MR) is 93.7 cm³/mol. The molecular formula is C18H21N5O. The van der Waals surface area contributed by atoms with Gasteiger partial charge in [0.15, 0.2) is 5.82 Å². The van der Waals surface area contributed by atoms with E-state index < -0.39 is 0 Å². The zero-order chi connectivity index (χ0) is 17.1. The van der Waals surface area contributed by atoms with Crippen LogP contribution in [-0.2, 0) is 6.54 Å². The normalized spacial score (nSPS) is 10.7. The van der Waals surface area contributed by atoms with Gasteiger partial charge in [0.2, 0.25) is 0 Å². The molecule has 2 aromatic heterocycles. The number of methoxy groups -OCH3 is 1. The van der Waals surface area contributed by atoms with E-state index in [1.165, 1.54) is 0 Å². The number of rotatable bonds is 5. The Kier molecular flexibility index (Phi) is 4.46. The number of hydrogen-bond acceptors (Lipinski definition) is 5. The third-order valence-electron chi connectivity index (χ3n) is 3.79. The lowest BCUT2D eigenvalue weighted by Gasteiger charge is -2.10. The van der Waals surface area contributed by atoms with Crippen LogP contribution in [0.15, 0.2) is 36.7 Å². The van der Waals surface area contributed by atoms with Crippen molar-refractivity contribution in [3.8, 4) is 11.6 Å². The standard InChI is InChI=1S/C18H21N5O/c1-12-5-6-15(8-16(12)24-4)9-20-17-10-19-11-18(21-17)23-14(3)7-13(2)22-23/h5-8,10-11H,9H2,1-4H3,(H,20,21). The van der Waals surface area contributed by atoms with Crippen LogP contribution >= 0.6 is 0 Å². The van der Waals surface area contributed by atoms with E-state index in [0.717, 1.165) is 28.3 Å². The first-order valence-electron chi connectivity index (χ1n) is 7.80. The molecule has 0 unspecified atom stereocenters. The van der Waals surface area contributed by atoms with Crippen LogP contribution in [0.5, 0.6) is 5.75 Å². The number of nitrogens with one attached hydrogen (secondary N) is 1. The molecule has 1 aromatic carbocycles. The molecule has 0 saturated carbocycles. The average Bonchev–Trinajstić information content (AvgIpc) is 2.93. The van der Waals surface area contributed by atoms with Gasteiger partial charge in [0.05, 0.1) is 25.2 Å². The summed E-state index contributed by atoms with van der Waals surface area (Å²) in [5, 5.41) is 7.74. The van der Waals surface area contributed by atoms with Crippen molar-refractivity contribution in [2.75, 3.05) is 12.4 Å². The lowest BCUT2D eigenvalue weighted by atomic mass is 10.1. The van der Waals surface area contributed by atoms with Gasteiger partial charge in [0.1, 0.15) is 11.6 Å². The maximum absolute atomic E-state index is 5.36. The van der Waals surface area contributed by atoms with E-state index in [1.807, 2.05) is 39.0 Å². The monoisotopic (exact) mass is 323 g/mol. The topological polar surface area (TPSA) is 64.9 Å². The molecule has 0 saturated heterocycles. The SMILES string of the molecule is COc1cc(CNc2cncc(-n3nc(C)cc3C)n2)ccc1C. The zero-order valence-corrected chi connectivity index (χ0v) is 14.4. The van der Waals surface area contributed by atoms with Crippen molar-refractivity contribution in [2.24, 2.45) is 0 Å². The molecule has 0 amide bonds. The highest BCUT2D eigenvalue weighted by molar-refractivity contribution is 5.41. The van der Waals surface area contributed by atoms with Crippen LogP contribution in [0.1, 0.15) is 22.5 Å². The minimum absolute atomic E-state index is 0.645. The van der Waals surface area contributed by atoms with Gasteiger partial charge in [0, 0.05) is 12.2 Å². The summed E-state index contributed by atoms with van der Waals surface area (Å²) in [4.78, 5) is 8.85. The summed E-state index contributed by atoms with van der Waals surface area (Å²) in [6.07, 6.45) is 3.42. The van der Waals surface area contributed by atoms with Crippen molar-refractivity contribution in [3.63, 3.8) is 0 Å². The molecule has 3 aromatic rings. The smallest absolute Gasteiger partial charge is 0.174 e. The van der Waals surface area contributed by atoms with Gasteiger partial charge in [-0.25, -0.2) is 9.67 Å². The fourth-order valence-electron chi connectivity index (χ4n) is 2.57. The summed E-state index contributed by atoms with van der Waals surface area (Å²) in [6.45, 7) is 6.63. The molecule has 124 valence electrons. The zero-order valence-electron chi connectivity index (χ0n) is 14.4. The number of ether oxygens (including phenoxy) is 1. The Labute approximate surface area is 141 Å². The van der Waals surface area contributed by atoms with E-state index >= 15 is 0 Å². The molecular weight excluding hydrogens is 302 g/mol. The molecule has 6 nitrogen and oxygen atoms in total. The molecule has 0 aliphatic rings. The molecule has 24 heavy (non-hydrogen) atoms. The summed E-state index contributed by atoms with van der Waals surface area (Å²) >= 11 is 0. The molecule has 0 fully saturated rings. The van der Waals surface area contributed by atoms with Gasteiger partial charge in [-0.3, -0.25) is 4.98 Å². The average molecular weight is 323 g/mol. The Morgan fingerprint density at radius 1 is 1.12 bits per heavy atom. The molecule has 2 heterocycles. The van der Waals surface area contributed by atoms with Crippen molar-refractivity contribution in [1.29, 1.82) is 0 Å². The van der Waals surface area contributed by atoms with E-state index in [1.54, 1.807) is 24.2 Å². The number of aromatic nitrogens is 4. The second-order valence-electron chi connectivity index (χ2n) is 5.76. The fraction of sp³-hybridized carbons (Fsp3) is 0.278. The number of nitrogens with zero attached hydrogens (tertiary/aromatic N) is 4. The Hall–Kier alpha value is -2.89. The summed E-state index contributed by atoms with van der Waals surface area (Å²) in [5.41, 5.74) is 4.23. The Balaban J connectivity index is 1.77. The third-order valence-corrected chi connectivity index (χ3v) is 3.79. The highest BCUT2D eigenvalue weighted by Gasteiger charge is 2.07. The minimum atomic E-state index is 0.645. The molecule has 0 radical (unpaired) electrons. The van der Waals surface area contributed by atoms with Gasteiger partial charge in [0.25, 0.3) is 0 Å². The first-order chi connectivity index (χ1) is 11.6. The Morgan fingerprint density at radius 3 is 2.67 bits per heavy atom. The highest BCUT2D eigenvalue weighted by Crippen LogP contribution is 2.19. The van der Waals surface area contributed by atoms with E-state index in [2.05, 4.69) is 26.4 Å². The van der Waals surface area contributed by atoms with Gasteiger partial charge >= 0.3 is 0 Å². The lowest BCUT2D eigenvalue weighted by molar-refractivity contribution is 0.411. The van der Waals surface area contributed by atoms with Crippen LogP contribution in [0.4, 0.5) is 5.82 Å². The molecule has 0 aliphatic carbocycles. The van der Waals surface area contributed by atoms with Crippen LogP contribution in [0, 0.1) is 20.8 Å². The van der Waals surface area contributed by atoms with Crippen LogP contribution in [-0.4, -0.2) is 26.9 Å². The minimum Gasteiger partial charge on any atom is -0.496 e. The molecule has 0 aliphatic heterocycles. The van der Waals surface area contributed by atoms with Crippen molar-refractivity contribution in [2.45, 2.75) is 27.3 Å². The van der Waals surface area contributed by atoms with E-state index in [4.69, 9.17) is 4.74 Å². The summed E-state index contributed by atoms with van der Waals surface area (Å²) in [5.74, 6) is 2.29. The van der Waals surface area contributed by atoms with Gasteiger partial charge in [-0.15, -0.1) is 0 Å². The molecule has 0 bridgehead atoms. The number of benzene rings is 1. The first kappa shape index (κ1) is 16.0. The summed E-state index contributed by atoms with van der Waals surface area (Å²) < 4.78 is 7.16. The third kappa shape index (κ3) is 3.37. The van der Waals surface area contributed by atoms with Crippen LogP contribution < -0.4 is 10.1 Å². The Bertz CT molecular complexity index is 856. The van der Waals surface area contributed by atoms with Crippen molar-refractivity contribution < 1.29 is 4.74 Å². The largest absolute Gasteiger partial charge is 0.496 e. The molecule has 0 atom stereocenters. The van der Waals surface area contributed by atoms with Crippen molar-refractivity contribution in [3.05, 3.63) is 59.2 Å². The second kappa shape index (κ2) is 6.70. The number of hydrogen-bond donors (Lipinski definition) is 1. The second-order valence-corrected chi connectivity index (χ2v) is 5.76. The maximum atomic E-state index is 5.36. The van der Waals surface area contributed by atoms with Crippen LogP contribution in [0.3, 0.4) is 0 Å². The van der Waals surface area contributed by atoms with Gasteiger partial charge in [-0.05, 0) is 44.0 Å². The van der Waals surface area contributed by atoms with E-state index in [0.29, 0.717) is 18.2 Å². The molecule has 6 heteroatoms. The van der Waals surface area contributed by atoms with Gasteiger partial charge in [-0.1, -0.05) is 12.1 Å². The molecule has 3 rings (SSSR count). The van der Waals surface area contributed by atoms with Gasteiger partial charge in [-0.2, -0.15) is 5.10 Å². The fourth-order valence-corrected chi connectivity index (χ4v) is 2.57. The van der Waals surface area contributed by atoms with Crippen molar-refractivity contribution in [1.82, 2.24) is 19.7 Å². The summed E-state index contributed by atoms with van der Waals surface area (Å²) in [6, 6.07) is 8.16. The number of aryl methyl sites for hydroxylation is 3. The van der Waals surface area contributed by atoms with Gasteiger partial charge < -0.3 is 10.1 Å². The predicted octanol–water partition coefficient (Wildman–Crippen LogP) is 3.21. The van der Waals surface area contributed by atoms with Crippen LogP contribution in [0.2, 0.25) is 0 Å². The first-order valence-corrected chi connectivity index (χ1v) is 7.80. The summed E-state index contributed by atoms with van der Waals surface area (Å²) in [7, 11) is 1.68. The van der Waals surface area contributed by atoms with Crippen LogP contribution in [0.25, 0.3) is 5.82 Å². The lowest BCUT2D eigenvalue weighted by Crippen LogP contribution is -2.07. The van der Waals surface area contributed by atoms with Crippen molar-refractivity contribution >= 4 is 5.82 Å². The highest BCUT2D eigenvalue weighted by atomic mass is 16.5. The van der Waals surface area contributed by atoms with E-state index in [-0.39, 0.29) is 0 Å². The Morgan fingerprint density at radius 2 is 1.96 bits per heavy atom. The number of anilines is 1. The molecule has 1 N–H and O–H groups in total. The quantitative estimate of drug-likeness (QED) is 0.781. The molecule has 0 spiro atoms.